The van der Waals surface area contributed by atoms with E-state index in [1.54, 1.807) is 24.3 Å². The maximum absolute atomic E-state index is 15.0. The van der Waals surface area contributed by atoms with Crippen LogP contribution in [0.4, 0.5) is 34.1 Å². The lowest BCUT2D eigenvalue weighted by Crippen LogP contribution is -2.54. The largest absolute Gasteiger partial charge is 0.491 e. The second-order valence-electron chi connectivity index (χ2n) is 20.6. The lowest BCUT2D eigenvalue weighted by Gasteiger charge is -2.32. The smallest absolute Gasteiger partial charge is 0.481 e. The molecule has 6 aromatic carbocycles. The number of nitrogens with two attached hydrogens (primary N) is 2. The van der Waals surface area contributed by atoms with Gasteiger partial charge in [-0.05, 0) is 95.1 Å². The molecule has 6 aromatic rings. The number of alkyl halides is 3. The Labute approximate surface area is 566 Å². The zero-order valence-electron chi connectivity index (χ0n) is 52.1. The molecule has 33 nitrogen and oxygen atoms in total. The number of rotatable bonds is 35. The van der Waals surface area contributed by atoms with Gasteiger partial charge in [0, 0.05) is 24.5 Å². The first-order chi connectivity index (χ1) is 47.3. The molecule has 0 saturated carbocycles. The lowest BCUT2D eigenvalue weighted by atomic mass is 10.2. The van der Waals surface area contributed by atoms with Gasteiger partial charge in [-0.2, -0.15) is 47.2 Å². The van der Waals surface area contributed by atoms with Crippen molar-refractivity contribution in [2.75, 3.05) is 50.2 Å². The molecule has 2 atom stereocenters. The van der Waals surface area contributed by atoms with Crippen LogP contribution >= 0.6 is 0 Å². The number of hydrogen-bond acceptors (Lipinski definition) is 22. The number of amides is 2. The van der Waals surface area contributed by atoms with E-state index in [4.69, 9.17) is 50.7 Å². The normalized spacial score (nSPS) is 12.0. The summed E-state index contributed by atoms with van der Waals surface area (Å²) in [7, 11) is -11.4. The van der Waals surface area contributed by atoms with E-state index < -0.39 is 177 Å². The summed E-state index contributed by atoms with van der Waals surface area (Å²) in [6, 6.07) is 30.9. The molecule has 532 valence electrons. The summed E-state index contributed by atoms with van der Waals surface area (Å²) in [5, 5.41) is 50.5. The zero-order valence-corrected chi connectivity index (χ0v) is 53.7. The number of esters is 4. The number of ether oxygens (including phenoxy) is 7. The Morgan fingerprint density at radius 3 is 1.22 bits per heavy atom. The molecule has 0 saturated heterocycles. The molecule has 0 aliphatic heterocycles. The van der Waals surface area contributed by atoms with Crippen molar-refractivity contribution in [3.63, 3.8) is 0 Å². The average Bonchev–Trinajstić information content (AvgIpc) is 0.790. The summed E-state index contributed by atoms with van der Waals surface area (Å²) in [4.78, 5) is 117. The molecule has 0 fully saturated rings. The summed E-state index contributed by atoms with van der Waals surface area (Å²) in [5.41, 5.74) is 11.8. The molecule has 0 aliphatic rings. The standard InChI is InChI=1S/C62H63F3N10O23S2/c63-62(64,65)57(85)98-52(78)34-50(54(81)82)73(100(90,91)75(61(87)95-38-40-11-5-2-6-12-40)36-42-14-8-16-48(32-42)97-56(84)44-19-23-46(24-20-44)71-59(68)69)26-28-93-30-29-92-27-25-72(49(53(79)80)33-51(76)77)99(88,89)74(60(86)94-37-39-9-3-1-4-10-39)35-41-13-7-15-47(31-41)96-55(83)43-17-21-45(22-18-43)70-58(66)67/h1-24,31-32,49-50H,25-30,33-38H2,(H,76,77)(H,79,80)(H,81,82)(H4,66,67,70)(H4,68,69,71)/t49-,50-/m0/s1. The van der Waals surface area contributed by atoms with Crippen LogP contribution in [0.15, 0.2) is 158 Å². The number of hydrogen-bond donors (Lipinski definition) is 9. The number of nitrogens with one attached hydrogen (secondary N) is 4. The lowest BCUT2D eigenvalue weighted by molar-refractivity contribution is -0.202. The van der Waals surface area contributed by atoms with E-state index in [2.05, 4.69) is 15.4 Å². The highest BCUT2D eigenvalue weighted by molar-refractivity contribution is 7.87. The number of aliphatic carboxylic acids is 3. The summed E-state index contributed by atoms with van der Waals surface area (Å²) < 4.78 is 136. The number of nitrogens with zero attached hydrogens (tertiary/aromatic N) is 4. The summed E-state index contributed by atoms with van der Waals surface area (Å²) in [5.74, 6) is -14.5. The van der Waals surface area contributed by atoms with Crippen molar-refractivity contribution in [3.8, 4) is 11.5 Å². The molecule has 0 bridgehead atoms. The monoisotopic (exact) mass is 1440 g/mol. The Balaban J connectivity index is 1.24. The van der Waals surface area contributed by atoms with Gasteiger partial charge in [-0.25, -0.2) is 24.0 Å². The van der Waals surface area contributed by atoms with Crippen LogP contribution in [0.5, 0.6) is 11.5 Å². The van der Waals surface area contributed by atoms with Crippen molar-refractivity contribution in [3.05, 3.63) is 191 Å². The van der Waals surface area contributed by atoms with Crippen LogP contribution in [0, 0.1) is 10.8 Å². The Morgan fingerprint density at radius 2 is 0.870 bits per heavy atom. The van der Waals surface area contributed by atoms with Crippen LogP contribution in [0.3, 0.4) is 0 Å². The maximum Gasteiger partial charge on any atom is 0.491 e. The van der Waals surface area contributed by atoms with Crippen LogP contribution in [-0.2, 0) is 94.4 Å². The molecular formula is C62H63F3N10O23S2. The highest BCUT2D eigenvalue weighted by Crippen LogP contribution is 2.27. The van der Waals surface area contributed by atoms with Crippen molar-refractivity contribution in [1.29, 1.82) is 10.8 Å². The molecule has 2 amide bonds. The first kappa shape index (κ1) is 77.4. The minimum absolute atomic E-state index is 0.0144. The van der Waals surface area contributed by atoms with E-state index in [1.165, 1.54) is 121 Å². The van der Waals surface area contributed by atoms with Crippen LogP contribution in [0.2, 0.25) is 0 Å². The Morgan fingerprint density at radius 1 is 0.500 bits per heavy atom. The van der Waals surface area contributed by atoms with Gasteiger partial charge in [0.05, 0.1) is 63.5 Å². The molecule has 38 heteroatoms. The van der Waals surface area contributed by atoms with E-state index in [0.717, 1.165) is 12.1 Å². The summed E-state index contributed by atoms with van der Waals surface area (Å²) >= 11 is 0. The van der Waals surface area contributed by atoms with Gasteiger partial charge < -0.3 is 70.6 Å². The van der Waals surface area contributed by atoms with Crippen molar-refractivity contribution >= 4 is 97.7 Å². The summed E-state index contributed by atoms with van der Waals surface area (Å²) in [6.45, 7) is -8.65. The van der Waals surface area contributed by atoms with Crippen molar-refractivity contribution in [1.82, 2.24) is 17.2 Å². The van der Waals surface area contributed by atoms with E-state index in [9.17, 15) is 88.5 Å². The Bertz CT molecular complexity index is 4170. The van der Waals surface area contributed by atoms with Gasteiger partial charge in [0.15, 0.2) is 11.9 Å². The minimum Gasteiger partial charge on any atom is -0.481 e. The van der Waals surface area contributed by atoms with E-state index in [-0.39, 0.29) is 56.9 Å². The predicted molar refractivity (Wildman–Crippen MR) is 341 cm³/mol. The quantitative estimate of drug-likeness (QED) is 0.00467. The van der Waals surface area contributed by atoms with Crippen molar-refractivity contribution in [2.45, 2.75) is 57.4 Å². The number of carboxylic acid groups (broad SMARTS) is 3. The molecule has 0 aliphatic carbocycles. The fourth-order valence-electron chi connectivity index (χ4n) is 8.73. The van der Waals surface area contributed by atoms with Gasteiger partial charge >= 0.3 is 80.6 Å². The van der Waals surface area contributed by atoms with Crippen molar-refractivity contribution in [2.24, 2.45) is 11.5 Å². The first-order valence-corrected chi connectivity index (χ1v) is 31.8. The molecule has 0 heterocycles. The second-order valence-corrected chi connectivity index (χ2v) is 24.2. The molecule has 11 N–H and O–H groups in total. The molecule has 0 unspecified atom stereocenters. The van der Waals surface area contributed by atoms with Gasteiger partial charge in [-0.1, -0.05) is 84.9 Å². The van der Waals surface area contributed by atoms with E-state index in [0.29, 0.717) is 22.5 Å². The van der Waals surface area contributed by atoms with Gasteiger partial charge in [0.25, 0.3) is 0 Å². The average molecular weight is 1440 g/mol. The SMILES string of the molecule is N=C(N)Nc1ccc(C(=O)Oc2cccc(CN(C(=O)OCc3ccccc3)S(=O)(=O)N(CCOCCOCCN([C@@H](CC(=O)OC(=O)C(F)(F)F)C(=O)O)S(=O)(=O)N(Cc3cccc(OC(=O)c4ccc(NC(=N)N)cc4)c3)C(=O)OCc3ccccc3)[C@@H](CC(=O)O)C(=O)O)c2)cc1. The van der Waals surface area contributed by atoms with Gasteiger partial charge in [-0.3, -0.25) is 30.0 Å². The molecule has 0 aromatic heterocycles. The number of guanidine groups is 2. The number of carbonyl (C=O) groups excluding carboxylic acids is 6. The molecule has 0 radical (unpaired) electrons. The van der Waals surface area contributed by atoms with Gasteiger partial charge in [-0.15, -0.1) is 0 Å². The zero-order chi connectivity index (χ0) is 73.3. The molecule has 0 spiro atoms. The minimum atomic E-state index is -5.81. The number of anilines is 2. The van der Waals surface area contributed by atoms with Crippen molar-refractivity contribution < 1.29 is 122 Å². The van der Waals surface area contributed by atoms with E-state index in [1.807, 2.05) is 0 Å². The van der Waals surface area contributed by atoms with Gasteiger partial charge in [0.2, 0.25) is 0 Å². The second kappa shape index (κ2) is 36.1. The fraction of sp³-hybridized carbons (Fsp3) is 0.242. The third kappa shape index (κ3) is 23.6. The van der Waals surface area contributed by atoms with Gasteiger partial charge in [0.1, 0.15) is 36.8 Å². The Hall–Kier alpha value is -11.6. The van der Waals surface area contributed by atoms with E-state index >= 15 is 0 Å². The van der Waals surface area contributed by atoms with Crippen LogP contribution < -0.4 is 31.6 Å². The van der Waals surface area contributed by atoms with Crippen LogP contribution in [0.1, 0.15) is 55.8 Å². The topological polar surface area (TPSA) is 484 Å². The predicted octanol–water partition coefficient (Wildman–Crippen LogP) is 5.24. The number of carboxylic acids is 3. The molecule has 100 heavy (non-hydrogen) atoms. The third-order valence-electron chi connectivity index (χ3n) is 13.4. The maximum atomic E-state index is 15.0. The first-order valence-electron chi connectivity index (χ1n) is 29.0. The molecule has 6 rings (SSSR count). The number of halogens is 3. The van der Waals surface area contributed by atoms with Crippen LogP contribution in [0.25, 0.3) is 0 Å². The Kier molecular flexibility index (Phi) is 28.0. The number of benzene rings is 6. The fourth-order valence-corrected chi connectivity index (χ4v) is 11.9. The summed E-state index contributed by atoms with van der Waals surface area (Å²) in [6.07, 6.45) is -12.4. The highest BCUT2D eigenvalue weighted by atomic mass is 32.2. The van der Waals surface area contributed by atoms with Crippen LogP contribution in [-0.4, -0.2) is 173 Å². The third-order valence-corrected chi connectivity index (χ3v) is 17.1. The highest BCUT2D eigenvalue weighted by Gasteiger charge is 2.47. The molecular weight excluding hydrogens is 1370 g/mol. The number of carbonyl (C=O) groups is 9.